The van der Waals surface area contributed by atoms with Crippen molar-refractivity contribution in [2.75, 3.05) is 26.2 Å². The van der Waals surface area contributed by atoms with E-state index in [1.165, 1.54) is 12.1 Å². The number of likely N-dealkylation sites (tertiary alicyclic amines) is 1. The first-order valence-corrected chi connectivity index (χ1v) is 9.99. The van der Waals surface area contributed by atoms with Crippen molar-refractivity contribution in [2.24, 2.45) is 5.73 Å². The third-order valence-electron chi connectivity index (χ3n) is 5.45. The van der Waals surface area contributed by atoms with Gasteiger partial charge in [-0.25, -0.2) is 4.39 Å². The standard InChI is InChI=1S/C22H25FN4O2/c23-16-6-8-18(9-7-16)29-15-3-12-26-13-10-17(11-14-26)27-20-5-2-1-4-19(20)21(25-27)22(24)28/h1-2,4-9,17H,3,10-15H2,(H2,24,28). The number of amides is 1. The van der Waals surface area contributed by atoms with Gasteiger partial charge in [0.15, 0.2) is 5.69 Å². The second kappa shape index (κ2) is 8.61. The Labute approximate surface area is 169 Å². The van der Waals surface area contributed by atoms with E-state index in [-0.39, 0.29) is 11.9 Å². The number of ether oxygens (including phenoxy) is 1. The second-order valence-electron chi connectivity index (χ2n) is 7.40. The van der Waals surface area contributed by atoms with E-state index in [1.54, 1.807) is 12.1 Å². The van der Waals surface area contributed by atoms with Crippen LogP contribution in [0.1, 0.15) is 35.8 Å². The molecule has 0 spiro atoms. The van der Waals surface area contributed by atoms with Crippen LogP contribution in [0.4, 0.5) is 4.39 Å². The van der Waals surface area contributed by atoms with Crippen LogP contribution in [0.5, 0.6) is 5.75 Å². The Bertz CT molecular complexity index is 978. The van der Waals surface area contributed by atoms with Crippen LogP contribution in [0.2, 0.25) is 0 Å². The average Bonchev–Trinajstić information content (AvgIpc) is 3.13. The molecule has 0 unspecified atom stereocenters. The number of aromatic nitrogens is 2. The molecule has 0 bridgehead atoms. The molecule has 1 fully saturated rings. The van der Waals surface area contributed by atoms with Gasteiger partial charge in [0.1, 0.15) is 11.6 Å². The Balaban J connectivity index is 1.29. The van der Waals surface area contributed by atoms with Crippen LogP contribution in [0.25, 0.3) is 10.9 Å². The molecule has 7 heteroatoms. The summed E-state index contributed by atoms with van der Waals surface area (Å²) in [7, 11) is 0. The molecular weight excluding hydrogens is 371 g/mol. The number of para-hydroxylation sites is 1. The number of nitrogens with two attached hydrogens (primary N) is 1. The van der Waals surface area contributed by atoms with Crippen LogP contribution < -0.4 is 10.5 Å². The normalized spacial score (nSPS) is 15.6. The molecule has 1 amide bonds. The minimum absolute atomic E-state index is 0.256. The Morgan fingerprint density at radius 3 is 2.59 bits per heavy atom. The largest absolute Gasteiger partial charge is 0.494 e. The van der Waals surface area contributed by atoms with E-state index < -0.39 is 5.91 Å². The average molecular weight is 396 g/mol. The molecule has 1 saturated heterocycles. The lowest BCUT2D eigenvalue weighted by Crippen LogP contribution is -2.36. The fraction of sp³-hybridized carbons (Fsp3) is 0.364. The number of hydrogen-bond donors (Lipinski definition) is 1. The molecule has 3 aromatic rings. The van der Waals surface area contributed by atoms with Crippen molar-refractivity contribution in [3.63, 3.8) is 0 Å². The molecule has 2 N–H and O–H groups in total. The summed E-state index contributed by atoms with van der Waals surface area (Å²) in [6.07, 6.45) is 2.87. The first-order chi connectivity index (χ1) is 14.1. The van der Waals surface area contributed by atoms with E-state index in [2.05, 4.69) is 10.00 Å². The Kier molecular flexibility index (Phi) is 5.76. The van der Waals surface area contributed by atoms with Crippen molar-refractivity contribution >= 4 is 16.8 Å². The molecule has 0 saturated carbocycles. The van der Waals surface area contributed by atoms with Gasteiger partial charge in [-0.15, -0.1) is 0 Å². The smallest absolute Gasteiger partial charge is 0.269 e. The van der Waals surface area contributed by atoms with Crippen molar-refractivity contribution in [1.82, 2.24) is 14.7 Å². The maximum atomic E-state index is 12.9. The molecule has 2 aromatic carbocycles. The van der Waals surface area contributed by atoms with Crippen LogP contribution in [-0.4, -0.2) is 46.8 Å². The van der Waals surface area contributed by atoms with Gasteiger partial charge in [-0.1, -0.05) is 18.2 Å². The van der Waals surface area contributed by atoms with Gasteiger partial charge in [0.25, 0.3) is 5.91 Å². The summed E-state index contributed by atoms with van der Waals surface area (Å²) in [4.78, 5) is 14.2. The molecular formula is C22H25FN4O2. The molecule has 0 atom stereocenters. The summed E-state index contributed by atoms with van der Waals surface area (Å²) >= 11 is 0. The molecule has 2 heterocycles. The molecule has 4 rings (SSSR count). The van der Waals surface area contributed by atoms with Gasteiger partial charge in [-0.2, -0.15) is 5.10 Å². The van der Waals surface area contributed by atoms with Gasteiger partial charge in [-0.05, 0) is 49.6 Å². The second-order valence-corrected chi connectivity index (χ2v) is 7.40. The lowest BCUT2D eigenvalue weighted by molar-refractivity contribution is 0.0995. The molecule has 1 aliphatic heterocycles. The number of carbonyl (C=O) groups is 1. The number of rotatable bonds is 7. The fourth-order valence-electron chi connectivity index (χ4n) is 3.95. The summed E-state index contributed by atoms with van der Waals surface area (Å²) < 4.78 is 20.5. The zero-order valence-electron chi connectivity index (χ0n) is 16.3. The van der Waals surface area contributed by atoms with Crippen LogP contribution in [0, 0.1) is 5.82 Å². The fourth-order valence-corrected chi connectivity index (χ4v) is 3.95. The minimum atomic E-state index is -0.487. The Morgan fingerprint density at radius 2 is 1.86 bits per heavy atom. The van der Waals surface area contributed by atoms with Crippen LogP contribution in [0.3, 0.4) is 0 Å². The maximum Gasteiger partial charge on any atom is 0.269 e. The van der Waals surface area contributed by atoms with E-state index >= 15 is 0 Å². The lowest BCUT2D eigenvalue weighted by Gasteiger charge is -2.32. The van der Waals surface area contributed by atoms with Gasteiger partial charge < -0.3 is 15.4 Å². The molecule has 1 aliphatic rings. The van der Waals surface area contributed by atoms with Gasteiger partial charge in [0.05, 0.1) is 18.2 Å². The van der Waals surface area contributed by atoms with E-state index in [4.69, 9.17) is 10.5 Å². The number of primary amides is 1. The number of benzene rings is 2. The van der Waals surface area contributed by atoms with Gasteiger partial charge >= 0.3 is 0 Å². The number of nitrogens with zero attached hydrogens (tertiary/aromatic N) is 3. The summed E-state index contributed by atoms with van der Waals surface area (Å²) in [5.74, 6) is -0.0485. The van der Waals surface area contributed by atoms with E-state index in [0.717, 1.165) is 49.8 Å². The SMILES string of the molecule is NC(=O)c1nn(C2CCN(CCCOc3ccc(F)cc3)CC2)c2ccccc12. The number of carbonyl (C=O) groups excluding carboxylic acids is 1. The zero-order valence-corrected chi connectivity index (χ0v) is 16.3. The van der Waals surface area contributed by atoms with Crippen LogP contribution >= 0.6 is 0 Å². The highest BCUT2D eigenvalue weighted by molar-refractivity contribution is 6.04. The molecule has 0 aliphatic carbocycles. The van der Waals surface area contributed by atoms with Crippen molar-refractivity contribution in [1.29, 1.82) is 0 Å². The monoisotopic (exact) mass is 396 g/mol. The molecule has 6 nitrogen and oxygen atoms in total. The molecule has 1 aromatic heterocycles. The predicted molar refractivity (Wildman–Crippen MR) is 109 cm³/mol. The highest BCUT2D eigenvalue weighted by Gasteiger charge is 2.24. The van der Waals surface area contributed by atoms with Gasteiger partial charge in [-0.3, -0.25) is 9.48 Å². The van der Waals surface area contributed by atoms with Crippen LogP contribution in [-0.2, 0) is 0 Å². The summed E-state index contributed by atoms with van der Waals surface area (Å²) in [6.45, 7) is 3.51. The van der Waals surface area contributed by atoms with Crippen LogP contribution in [0.15, 0.2) is 48.5 Å². The quantitative estimate of drug-likeness (QED) is 0.622. The molecule has 152 valence electrons. The zero-order chi connectivity index (χ0) is 20.2. The van der Waals surface area contributed by atoms with E-state index in [9.17, 15) is 9.18 Å². The highest BCUT2D eigenvalue weighted by Crippen LogP contribution is 2.28. The first-order valence-electron chi connectivity index (χ1n) is 9.99. The molecule has 0 radical (unpaired) electrons. The third-order valence-corrected chi connectivity index (χ3v) is 5.45. The van der Waals surface area contributed by atoms with Crippen molar-refractivity contribution < 1.29 is 13.9 Å². The number of halogens is 1. The number of hydrogen-bond acceptors (Lipinski definition) is 4. The van der Waals surface area contributed by atoms with E-state index in [0.29, 0.717) is 18.1 Å². The Hall–Kier alpha value is -2.93. The third kappa shape index (κ3) is 4.40. The first kappa shape index (κ1) is 19.4. The van der Waals surface area contributed by atoms with Crippen molar-refractivity contribution in [3.05, 3.63) is 60.0 Å². The highest BCUT2D eigenvalue weighted by atomic mass is 19.1. The van der Waals surface area contributed by atoms with Crippen molar-refractivity contribution in [2.45, 2.75) is 25.3 Å². The predicted octanol–water partition coefficient (Wildman–Crippen LogP) is 3.38. The summed E-state index contributed by atoms with van der Waals surface area (Å²) in [6, 6.07) is 14.1. The number of fused-ring (bicyclic) bond motifs is 1. The lowest BCUT2D eigenvalue weighted by atomic mass is 10.0. The van der Waals surface area contributed by atoms with Crippen molar-refractivity contribution in [3.8, 4) is 5.75 Å². The minimum Gasteiger partial charge on any atom is -0.494 e. The summed E-state index contributed by atoms with van der Waals surface area (Å²) in [5.41, 5.74) is 6.82. The van der Waals surface area contributed by atoms with Gasteiger partial charge in [0, 0.05) is 25.0 Å². The topological polar surface area (TPSA) is 73.4 Å². The molecule has 29 heavy (non-hydrogen) atoms. The van der Waals surface area contributed by atoms with Gasteiger partial charge in [0.2, 0.25) is 0 Å². The summed E-state index contributed by atoms with van der Waals surface area (Å²) in [5, 5.41) is 5.35. The maximum absolute atomic E-state index is 12.9. The Morgan fingerprint density at radius 1 is 1.14 bits per heavy atom. The van der Waals surface area contributed by atoms with E-state index in [1.807, 2.05) is 28.9 Å². The number of piperidine rings is 1.